The molecule has 0 fully saturated rings. The van der Waals surface area contributed by atoms with E-state index >= 15 is 0 Å². The number of halogens is 1. The number of hydrogen-bond acceptors (Lipinski definition) is 4. The largest absolute Gasteiger partial charge is 0.391 e. The van der Waals surface area contributed by atoms with Crippen LogP contribution >= 0.6 is 0 Å². The summed E-state index contributed by atoms with van der Waals surface area (Å²) in [6.45, 7) is 4.12. The van der Waals surface area contributed by atoms with Gasteiger partial charge >= 0.3 is 0 Å². The van der Waals surface area contributed by atoms with Crippen molar-refractivity contribution in [1.29, 1.82) is 0 Å². The van der Waals surface area contributed by atoms with E-state index in [1.54, 1.807) is 12.1 Å². The molecule has 0 saturated carbocycles. The first kappa shape index (κ1) is 16.3. The lowest BCUT2D eigenvalue weighted by Crippen LogP contribution is -2.28. The lowest BCUT2D eigenvalue weighted by Gasteiger charge is -2.12. The number of benzene rings is 1. The third-order valence-corrected chi connectivity index (χ3v) is 3.32. The van der Waals surface area contributed by atoms with Crippen molar-refractivity contribution >= 4 is 0 Å². The zero-order valence-corrected chi connectivity index (χ0v) is 12.7. The molecule has 0 aliphatic heterocycles. The van der Waals surface area contributed by atoms with E-state index in [4.69, 9.17) is 5.73 Å². The van der Waals surface area contributed by atoms with Crippen LogP contribution in [0.25, 0.3) is 11.3 Å². The van der Waals surface area contributed by atoms with Crippen LogP contribution in [0.1, 0.15) is 25.0 Å². The molecule has 118 valence electrons. The van der Waals surface area contributed by atoms with Gasteiger partial charge in [-0.05, 0) is 30.2 Å². The van der Waals surface area contributed by atoms with E-state index < -0.39 is 0 Å². The zero-order valence-electron chi connectivity index (χ0n) is 12.7. The van der Waals surface area contributed by atoms with Crippen molar-refractivity contribution in [2.75, 3.05) is 0 Å². The maximum atomic E-state index is 13.6. The standard InChI is InChI=1S/C16H20FN3O2/c1-10(2)8-20-16(22)13(9-21)6-15(19-20)11-3-4-14(17)12(5-11)7-18/h3-6,10,21H,7-9,18H2,1-2H3. The van der Waals surface area contributed by atoms with Gasteiger partial charge in [-0.3, -0.25) is 4.79 Å². The second kappa shape index (κ2) is 6.81. The minimum absolute atomic E-state index is 0.0815. The van der Waals surface area contributed by atoms with Crippen molar-refractivity contribution in [1.82, 2.24) is 9.78 Å². The molecule has 0 bridgehead atoms. The maximum absolute atomic E-state index is 13.6. The van der Waals surface area contributed by atoms with E-state index in [9.17, 15) is 14.3 Å². The summed E-state index contributed by atoms with van der Waals surface area (Å²) in [4.78, 5) is 12.2. The van der Waals surface area contributed by atoms with Crippen molar-refractivity contribution in [2.45, 2.75) is 33.5 Å². The van der Waals surface area contributed by atoms with E-state index in [2.05, 4.69) is 5.10 Å². The summed E-state index contributed by atoms with van der Waals surface area (Å²) in [5.74, 6) is -0.135. The van der Waals surface area contributed by atoms with Gasteiger partial charge in [0.05, 0.1) is 12.3 Å². The van der Waals surface area contributed by atoms with Gasteiger partial charge in [-0.15, -0.1) is 0 Å². The second-order valence-corrected chi connectivity index (χ2v) is 5.60. The fourth-order valence-electron chi connectivity index (χ4n) is 2.21. The highest BCUT2D eigenvalue weighted by molar-refractivity contribution is 5.60. The van der Waals surface area contributed by atoms with Crippen LogP contribution in [0.15, 0.2) is 29.1 Å². The lowest BCUT2D eigenvalue weighted by molar-refractivity contribution is 0.277. The number of aromatic nitrogens is 2. The first-order chi connectivity index (χ1) is 10.5. The minimum Gasteiger partial charge on any atom is -0.391 e. The minimum atomic E-state index is -0.371. The van der Waals surface area contributed by atoms with Crippen LogP contribution in [-0.4, -0.2) is 14.9 Å². The summed E-state index contributed by atoms with van der Waals surface area (Å²) in [5, 5.41) is 13.7. The predicted molar refractivity (Wildman–Crippen MR) is 82.5 cm³/mol. The van der Waals surface area contributed by atoms with Gasteiger partial charge in [-0.1, -0.05) is 13.8 Å². The smallest absolute Gasteiger partial charge is 0.272 e. The molecule has 5 nitrogen and oxygen atoms in total. The Labute approximate surface area is 128 Å². The highest BCUT2D eigenvalue weighted by Gasteiger charge is 2.12. The number of hydrogen-bond donors (Lipinski definition) is 2. The molecule has 6 heteroatoms. The Kier molecular flexibility index (Phi) is 5.05. The van der Waals surface area contributed by atoms with E-state index in [0.29, 0.717) is 23.4 Å². The van der Waals surface area contributed by atoms with Crippen molar-refractivity contribution in [3.8, 4) is 11.3 Å². The SMILES string of the molecule is CC(C)Cn1nc(-c2ccc(F)c(CN)c2)cc(CO)c1=O. The molecule has 2 aromatic rings. The fraction of sp³-hybridized carbons (Fsp3) is 0.375. The van der Waals surface area contributed by atoms with Gasteiger partial charge in [-0.2, -0.15) is 5.10 Å². The van der Waals surface area contributed by atoms with Gasteiger partial charge in [-0.25, -0.2) is 9.07 Å². The lowest BCUT2D eigenvalue weighted by atomic mass is 10.1. The van der Waals surface area contributed by atoms with Crippen LogP contribution in [-0.2, 0) is 19.7 Å². The third kappa shape index (κ3) is 3.40. The summed E-state index contributed by atoms with van der Waals surface area (Å²) in [6, 6.07) is 6.06. The highest BCUT2D eigenvalue weighted by atomic mass is 19.1. The van der Waals surface area contributed by atoms with Crippen LogP contribution in [0, 0.1) is 11.7 Å². The summed E-state index contributed by atoms with van der Waals surface area (Å²) in [6.07, 6.45) is 0. The number of nitrogens with two attached hydrogens (primary N) is 1. The predicted octanol–water partition coefficient (Wildman–Crippen LogP) is 1.66. The summed E-state index contributed by atoms with van der Waals surface area (Å²) >= 11 is 0. The number of aliphatic hydroxyl groups is 1. The first-order valence-corrected chi connectivity index (χ1v) is 7.17. The third-order valence-electron chi connectivity index (χ3n) is 3.32. The van der Waals surface area contributed by atoms with Gasteiger partial charge in [0.25, 0.3) is 5.56 Å². The monoisotopic (exact) mass is 305 g/mol. The van der Waals surface area contributed by atoms with Crippen LogP contribution in [0.3, 0.4) is 0 Å². The van der Waals surface area contributed by atoms with Gasteiger partial charge < -0.3 is 10.8 Å². The molecule has 0 aliphatic rings. The van der Waals surface area contributed by atoms with Crippen molar-refractivity contribution in [3.05, 3.63) is 51.6 Å². The van der Waals surface area contributed by atoms with E-state index in [0.717, 1.165) is 0 Å². The van der Waals surface area contributed by atoms with E-state index in [1.807, 2.05) is 13.8 Å². The van der Waals surface area contributed by atoms with Crippen molar-refractivity contribution < 1.29 is 9.50 Å². The Morgan fingerprint density at radius 1 is 1.32 bits per heavy atom. The van der Waals surface area contributed by atoms with Crippen molar-refractivity contribution in [3.63, 3.8) is 0 Å². The fourth-order valence-corrected chi connectivity index (χ4v) is 2.21. The van der Waals surface area contributed by atoms with E-state index in [1.165, 1.54) is 16.8 Å². The van der Waals surface area contributed by atoms with Crippen LogP contribution < -0.4 is 11.3 Å². The van der Waals surface area contributed by atoms with Gasteiger partial charge in [0, 0.05) is 29.8 Å². The molecule has 0 saturated heterocycles. The van der Waals surface area contributed by atoms with Crippen LogP contribution in [0.2, 0.25) is 0 Å². The van der Waals surface area contributed by atoms with Gasteiger partial charge in [0.2, 0.25) is 0 Å². The summed E-state index contributed by atoms with van der Waals surface area (Å²) in [5.41, 5.74) is 7.04. The quantitative estimate of drug-likeness (QED) is 0.880. The Balaban J connectivity index is 2.57. The molecule has 1 heterocycles. The molecule has 1 aromatic carbocycles. The number of nitrogens with zero attached hydrogens (tertiary/aromatic N) is 2. The molecular weight excluding hydrogens is 285 g/mol. The molecule has 0 spiro atoms. The van der Waals surface area contributed by atoms with Gasteiger partial charge in [0.15, 0.2) is 0 Å². The molecule has 22 heavy (non-hydrogen) atoms. The summed E-state index contributed by atoms with van der Waals surface area (Å²) < 4.78 is 14.9. The number of aliphatic hydroxyl groups excluding tert-OH is 1. The Hall–Kier alpha value is -2.05. The van der Waals surface area contributed by atoms with Crippen LogP contribution in [0.5, 0.6) is 0 Å². The summed E-state index contributed by atoms with van der Waals surface area (Å²) in [7, 11) is 0. The highest BCUT2D eigenvalue weighted by Crippen LogP contribution is 2.20. The average Bonchev–Trinajstić information content (AvgIpc) is 2.49. The molecular formula is C16H20FN3O2. The first-order valence-electron chi connectivity index (χ1n) is 7.17. The molecule has 2 rings (SSSR count). The second-order valence-electron chi connectivity index (χ2n) is 5.60. The Bertz CT molecular complexity index is 726. The maximum Gasteiger partial charge on any atom is 0.272 e. The normalized spacial score (nSPS) is 11.2. The van der Waals surface area contributed by atoms with Crippen molar-refractivity contribution in [2.24, 2.45) is 11.7 Å². The molecule has 0 aliphatic carbocycles. The molecule has 0 atom stereocenters. The number of rotatable bonds is 5. The molecule has 0 amide bonds. The molecule has 1 aromatic heterocycles. The topological polar surface area (TPSA) is 81.1 Å². The Morgan fingerprint density at radius 3 is 2.64 bits per heavy atom. The molecule has 0 unspecified atom stereocenters. The average molecular weight is 305 g/mol. The Morgan fingerprint density at radius 2 is 2.05 bits per heavy atom. The molecule has 0 radical (unpaired) electrons. The molecule has 3 N–H and O–H groups in total. The van der Waals surface area contributed by atoms with Crippen LogP contribution in [0.4, 0.5) is 4.39 Å². The zero-order chi connectivity index (χ0) is 16.3. The van der Waals surface area contributed by atoms with Gasteiger partial charge in [0.1, 0.15) is 5.82 Å². The van der Waals surface area contributed by atoms with E-state index in [-0.39, 0.29) is 36.0 Å².